The van der Waals surface area contributed by atoms with Crippen LogP contribution in [0.4, 0.5) is 0 Å². The zero-order valence-corrected chi connectivity index (χ0v) is 20.0. The number of aryl methyl sites for hydroxylation is 1. The van der Waals surface area contributed by atoms with Crippen LogP contribution in [0.25, 0.3) is 11.4 Å². The highest BCUT2D eigenvalue weighted by atomic mass is 15.6. The van der Waals surface area contributed by atoms with Crippen molar-refractivity contribution in [1.29, 1.82) is 0 Å². The second-order valence-electron chi connectivity index (χ2n) is 8.86. The van der Waals surface area contributed by atoms with Crippen molar-refractivity contribution < 1.29 is 0 Å². The van der Waals surface area contributed by atoms with E-state index < -0.39 is 0 Å². The first-order chi connectivity index (χ1) is 14.6. The predicted molar refractivity (Wildman–Crippen MR) is 126 cm³/mol. The summed E-state index contributed by atoms with van der Waals surface area (Å²) in [5.41, 5.74) is 2.27. The molecule has 2 unspecified atom stereocenters. The Labute approximate surface area is 184 Å². The van der Waals surface area contributed by atoms with Gasteiger partial charge in [-0.25, -0.2) is 0 Å². The van der Waals surface area contributed by atoms with Gasteiger partial charge in [-0.15, -0.1) is 15.0 Å². The van der Waals surface area contributed by atoms with Crippen LogP contribution < -0.4 is 0 Å². The van der Waals surface area contributed by atoms with Gasteiger partial charge in [-0.2, -0.15) is 0 Å². The Bertz CT molecular complexity index is 676. The van der Waals surface area contributed by atoms with Gasteiger partial charge in [0.1, 0.15) is 6.67 Å². The van der Waals surface area contributed by atoms with E-state index in [4.69, 9.17) is 5.10 Å². The maximum atomic E-state index is 4.69. The van der Waals surface area contributed by atoms with Gasteiger partial charge in [0, 0.05) is 18.7 Å². The molecule has 0 saturated heterocycles. The van der Waals surface area contributed by atoms with E-state index >= 15 is 0 Å². The Morgan fingerprint density at radius 1 is 0.867 bits per heavy atom. The molecule has 2 aromatic rings. The summed E-state index contributed by atoms with van der Waals surface area (Å²) in [4.78, 5) is 4.36. The molecule has 1 aromatic heterocycles. The van der Waals surface area contributed by atoms with Gasteiger partial charge < -0.3 is 0 Å². The van der Waals surface area contributed by atoms with E-state index in [2.05, 4.69) is 74.1 Å². The standard InChI is InChI=1S/C25H43N5/c1-6-10-12-22(8-3)18-29(19-23(9-4)13-11-7-2)20-30-27-25(26-28-30)24-16-14-21(5)15-17-24/h14-17,22-23H,6-13,18-20H2,1-5H3. The summed E-state index contributed by atoms with van der Waals surface area (Å²) in [6, 6.07) is 8.34. The molecule has 2 rings (SSSR count). The molecule has 5 heteroatoms. The van der Waals surface area contributed by atoms with Gasteiger partial charge in [0.25, 0.3) is 0 Å². The third-order valence-corrected chi connectivity index (χ3v) is 6.21. The van der Waals surface area contributed by atoms with Gasteiger partial charge >= 0.3 is 0 Å². The van der Waals surface area contributed by atoms with Gasteiger partial charge in [-0.3, -0.25) is 4.90 Å². The molecular formula is C25H43N5. The van der Waals surface area contributed by atoms with Crippen LogP contribution in [0, 0.1) is 18.8 Å². The van der Waals surface area contributed by atoms with Crippen LogP contribution in [0.15, 0.2) is 24.3 Å². The topological polar surface area (TPSA) is 46.8 Å². The van der Waals surface area contributed by atoms with Crippen LogP contribution >= 0.6 is 0 Å². The van der Waals surface area contributed by atoms with Crippen LogP contribution in [0.1, 0.15) is 84.6 Å². The third kappa shape index (κ3) is 8.17. The van der Waals surface area contributed by atoms with Crippen molar-refractivity contribution in [1.82, 2.24) is 25.1 Å². The van der Waals surface area contributed by atoms with Crippen molar-refractivity contribution in [2.24, 2.45) is 11.8 Å². The molecule has 0 aliphatic carbocycles. The zero-order valence-electron chi connectivity index (χ0n) is 20.0. The Hall–Kier alpha value is -1.75. The molecular weight excluding hydrogens is 370 g/mol. The smallest absolute Gasteiger partial charge is 0.204 e. The van der Waals surface area contributed by atoms with Crippen molar-refractivity contribution in [3.63, 3.8) is 0 Å². The van der Waals surface area contributed by atoms with Crippen molar-refractivity contribution >= 4 is 0 Å². The minimum Gasteiger partial charge on any atom is -0.282 e. The van der Waals surface area contributed by atoms with Crippen LogP contribution in [-0.2, 0) is 6.67 Å². The number of aromatic nitrogens is 4. The highest BCUT2D eigenvalue weighted by Gasteiger charge is 2.18. The molecule has 2 atom stereocenters. The molecule has 0 aliphatic heterocycles. The Kier molecular flexibility index (Phi) is 11.1. The second-order valence-corrected chi connectivity index (χ2v) is 8.86. The summed E-state index contributed by atoms with van der Waals surface area (Å²) >= 11 is 0. The number of rotatable bonds is 15. The molecule has 5 nitrogen and oxygen atoms in total. The minimum absolute atomic E-state index is 0.714. The fourth-order valence-corrected chi connectivity index (χ4v) is 4.06. The Balaban J connectivity index is 2.09. The molecule has 0 N–H and O–H groups in total. The first-order valence-electron chi connectivity index (χ1n) is 12.2. The zero-order chi connectivity index (χ0) is 21.8. The predicted octanol–water partition coefficient (Wildman–Crippen LogP) is 6.34. The lowest BCUT2D eigenvalue weighted by Crippen LogP contribution is -2.36. The van der Waals surface area contributed by atoms with Gasteiger partial charge in [0.05, 0.1) is 0 Å². The fraction of sp³-hybridized carbons (Fsp3) is 0.720. The van der Waals surface area contributed by atoms with E-state index in [-0.39, 0.29) is 0 Å². The van der Waals surface area contributed by atoms with Crippen molar-refractivity contribution in [3.8, 4) is 11.4 Å². The van der Waals surface area contributed by atoms with E-state index in [0.29, 0.717) is 5.82 Å². The lowest BCUT2D eigenvalue weighted by atomic mass is 9.96. The summed E-state index contributed by atoms with van der Waals surface area (Å²) in [5.74, 6) is 2.20. The van der Waals surface area contributed by atoms with Gasteiger partial charge in [0.2, 0.25) is 5.82 Å². The monoisotopic (exact) mass is 413 g/mol. The normalized spacial score (nSPS) is 13.7. The van der Waals surface area contributed by atoms with E-state index in [1.165, 1.54) is 56.9 Å². The Morgan fingerprint density at radius 3 is 1.93 bits per heavy atom. The molecule has 0 fully saturated rings. The average Bonchev–Trinajstić information content (AvgIpc) is 3.22. The van der Waals surface area contributed by atoms with E-state index in [9.17, 15) is 0 Å². The lowest BCUT2D eigenvalue weighted by Gasteiger charge is -2.29. The molecule has 0 radical (unpaired) electrons. The molecule has 168 valence electrons. The number of hydrogen-bond donors (Lipinski definition) is 0. The van der Waals surface area contributed by atoms with Crippen LogP contribution in [-0.4, -0.2) is 38.2 Å². The van der Waals surface area contributed by atoms with Crippen molar-refractivity contribution in [2.75, 3.05) is 13.1 Å². The maximum absolute atomic E-state index is 4.69. The number of benzene rings is 1. The molecule has 0 saturated carbocycles. The highest BCUT2D eigenvalue weighted by Crippen LogP contribution is 2.20. The summed E-state index contributed by atoms with van der Waals surface area (Å²) in [5, 5.41) is 13.4. The van der Waals surface area contributed by atoms with Gasteiger partial charge in [-0.05, 0) is 36.8 Å². The minimum atomic E-state index is 0.714. The number of tetrazole rings is 1. The molecule has 0 spiro atoms. The van der Waals surface area contributed by atoms with Crippen molar-refractivity contribution in [2.45, 2.75) is 92.7 Å². The average molecular weight is 414 g/mol. The third-order valence-electron chi connectivity index (χ3n) is 6.21. The lowest BCUT2D eigenvalue weighted by molar-refractivity contribution is 0.129. The molecule has 1 heterocycles. The van der Waals surface area contributed by atoms with Gasteiger partial charge in [-0.1, -0.05) is 96.0 Å². The van der Waals surface area contributed by atoms with Crippen molar-refractivity contribution in [3.05, 3.63) is 29.8 Å². The molecule has 0 aliphatic rings. The first kappa shape index (κ1) is 24.5. The summed E-state index contributed by atoms with van der Waals surface area (Å²) in [6.07, 6.45) is 10.3. The molecule has 0 amide bonds. The molecule has 1 aromatic carbocycles. The van der Waals surface area contributed by atoms with Gasteiger partial charge in [0.15, 0.2) is 0 Å². The van der Waals surface area contributed by atoms with Crippen LogP contribution in [0.2, 0.25) is 0 Å². The quantitative estimate of drug-likeness (QED) is 0.342. The molecule has 30 heavy (non-hydrogen) atoms. The highest BCUT2D eigenvalue weighted by molar-refractivity contribution is 5.53. The molecule has 0 bridgehead atoms. The van der Waals surface area contributed by atoms with Crippen LogP contribution in [0.3, 0.4) is 0 Å². The largest absolute Gasteiger partial charge is 0.282 e. The summed E-state index contributed by atoms with van der Waals surface area (Å²) in [7, 11) is 0. The van der Waals surface area contributed by atoms with Crippen LogP contribution in [0.5, 0.6) is 0 Å². The number of unbranched alkanes of at least 4 members (excludes halogenated alkanes) is 2. The first-order valence-corrected chi connectivity index (χ1v) is 12.2. The number of nitrogens with zero attached hydrogens (tertiary/aromatic N) is 5. The second kappa shape index (κ2) is 13.5. The summed E-state index contributed by atoms with van der Waals surface area (Å²) in [6.45, 7) is 14.3. The van der Waals surface area contributed by atoms with E-state index in [0.717, 1.165) is 37.2 Å². The fourth-order valence-electron chi connectivity index (χ4n) is 4.06. The maximum Gasteiger partial charge on any atom is 0.204 e. The SMILES string of the molecule is CCCCC(CC)CN(CC(CC)CCCC)Cn1nnc(-c2ccc(C)cc2)n1. The van der Waals surface area contributed by atoms with E-state index in [1.807, 2.05) is 0 Å². The summed E-state index contributed by atoms with van der Waals surface area (Å²) < 4.78 is 0. The Morgan fingerprint density at radius 2 is 1.43 bits per heavy atom. The van der Waals surface area contributed by atoms with E-state index in [1.54, 1.807) is 4.80 Å². The number of hydrogen-bond acceptors (Lipinski definition) is 4.